The third kappa shape index (κ3) is 2.50. The van der Waals surface area contributed by atoms with Gasteiger partial charge in [-0.2, -0.15) is 0 Å². The summed E-state index contributed by atoms with van der Waals surface area (Å²) in [6.07, 6.45) is 1.42. The molecule has 2 N–H and O–H groups in total. The highest BCUT2D eigenvalue weighted by Crippen LogP contribution is 2.19. The number of aromatic amines is 2. The normalized spacial score (nSPS) is 11.0. The molecular formula is C12H9FN4OS. The second-order valence-electron chi connectivity index (χ2n) is 3.89. The molecule has 96 valence electrons. The zero-order chi connectivity index (χ0) is 13.2. The molecular weight excluding hydrogens is 267 g/mol. The largest absolute Gasteiger partial charge is 0.339 e. The molecule has 7 heteroatoms. The van der Waals surface area contributed by atoms with Crippen LogP contribution in [0.3, 0.4) is 0 Å². The van der Waals surface area contributed by atoms with Crippen LogP contribution in [0.1, 0.15) is 5.56 Å². The molecule has 2 aromatic heterocycles. The van der Waals surface area contributed by atoms with Crippen LogP contribution in [0.5, 0.6) is 0 Å². The molecule has 0 spiro atoms. The van der Waals surface area contributed by atoms with E-state index in [1.54, 1.807) is 6.07 Å². The quantitative estimate of drug-likeness (QED) is 0.567. The Morgan fingerprint density at radius 1 is 1.37 bits per heavy atom. The van der Waals surface area contributed by atoms with Crippen molar-refractivity contribution in [2.24, 2.45) is 0 Å². The first-order valence-corrected chi connectivity index (χ1v) is 6.51. The summed E-state index contributed by atoms with van der Waals surface area (Å²) in [6.45, 7) is 0. The average molecular weight is 276 g/mol. The fourth-order valence-corrected chi connectivity index (χ4v) is 2.47. The van der Waals surface area contributed by atoms with E-state index in [9.17, 15) is 9.18 Å². The lowest BCUT2D eigenvalue weighted by Crippen LogP contribution is -2.09. The average Bonchev–Trinajstić information content (AvgIpc) is 2.85. The summed E-state index contributed by atoms with van der Waals surface area (Å²) in [5.41, 5.74) is 1.31. The topological polar surface area (TPSA) is 74.4 Å². The minimum absolute atomic E-state index is 0.260. The molecule has 0 saturated carbocycles. The van der Waals surface area contributed by atoms with Crippen LogP contribution in [0, 0.1) is 5.82 Å². The molecule has 1 aromatic carbocycles. The molecule has 0 bridgehead atoms. The van der Waals surface area contributed by atoms with Crippen molar-refractivity contribution in [3.05, 3.63) is 52.3 Å². The molecule has 0 amide bonds. The summed E-state index contributed by atoms with van der Waals surface area (Å²) in [6, 6.07) is 6.32. The van der Waals surface area contributed by atoms with Crippen molar-refractivity contribution in [2.75, 3.05) is 0 Å². The number of H-pyrrole nitrogens is 2. The van der Waals surface area contributed by atoms with Gasteiger partial charge in [-0.15, -0.1) is 0 Å². The summed E-state index contributed by atoms with van der Waals surface area (Å²) >= 11 is 1.33. The number of thioether (sulfide) groups is 1. The van der Waals surface area contributed by atoms with Crippen LogP contribution in [-0.2, 0) is 5.75 Å². The number of benzene rings is 1. The first kappa shape index (κ1) is 11.9. The van der Waals surface area contributed by atoms with E-state index in [0.717, 1.165) is 5.56 Å². The van der Waals surface area contributed by atoms with Gasteiger partial charge in [0.2, 0.25) is 0 Å². The second kappa shape index (κ2) is 4.85. The maximum Gasteiger partial charge on any atom is 0.277 e. The molecule has 0 unspecified atom stereocenters. The van der Waals surface area contributed by atoms with Crippen molar-refractivity contribution in [1.82, 2.24) is 19.9 Å². The van der Waals surface area contributed by atoms with Gasteiger partial charge in [0, 0.05) is 5.75 Å². The lowest BCUT2D eigenvalue weighted by molar-refractivity contribution is 0.626. The monoisotopic (exact) mass is 276 g/mol. The number of imidazole rings is 1. The van der Waals surface area contributed by atoms with E-state index in [0.29, 0.717) is 22.1 Å². The van der Waals surface area contributed by atoms with Crippen LogP contribution >= 0.6 is 11.8 Å². The van der Waals surface area contributed by atoms with E-state index in [1.807, 2.05) is 6.07 Å². The number of nitrogens with zero attached hydrogens (tertiary/aromatic N) is 2. The van der Waals surface area contributed by atoms with Gasteiger partial charge in [0.15, 0.2) is 16.3 Å². The first-order valence-electron chi connectivity index (χ1n) is 5.53. The fraction of sp³-hybridized carbons (Fsp3) is 0.0833. The Morgan fingerprint density at radius 2 is 2.26 bits per heavy atom. The van der Waals surface area contributed by atoms with Gasteiger partial charge in [0.05, 0.1) is 6.33 Å². The molecule has 0 aliphatic rings. The van der Waals surface area contributed by atoms with Crippen LogP contribution in [0.25, 0.3) is 11.2 Å². The van der Waals surface area contributed by atoms with Crippen molar-refractivity contribution in [3.63, 3.8) is 0 Å². The van der Waals surface area contributed by atoms with Crippen molar-refractivity contribution >= 4 is 22.9 Å². The van der Waals surface area contributed by atoms with Gasteiger partial charge in [-0.25, -0.2) is 14.4 Å². The number of halogens is 1. The van der Waals surface area contributed by atoms with Gasteiger partial charge >= 0.3 is 0 Å². The molecule has 3 aromatic rings. The highest BCUT2D eigenvalue weighted by molar-refractivity contribution is 7.98. The minimum atomic E-state index is -0.276. The predicted octanol–water partition coefficient (Wildman–Crippen LogP) is 2.08. The molecule has 0 radical (unpaired) electrons. The molecule has 19 heavy (non-hydrogen) atoms. The van der Waals surface area contributed by atoms with Gasteiger partial charge < -0.3 is 4.98 Å². The zero-order valence-electron chi connectivity index (χ0n) is 9.68. The number of rotatable bonds is 3. The minimum Gasteiger partial charge on any atom is -0.339 e. The highest BCUT2D eigenvalue weighted by atomic mass is 32.2. The Kier molecular flexibility index (Phi) is 3.04. The van der Waals surface area contributed by atoms with Gasteiger partial charge in [-0.1, -0.05) is 23.9 Å². The lowest BCUT2D eigenvalue weighted by atomic mass is 10.2. The molecule has 3 rings (SSSR count). The molecule has 0 aliphatic heterocycles. The SMILES string of the molecule is O=c1[nH]c(SCc2cccc(F)c2)nc2nc[nH]c12. The third-order valence-corrected chi connectivity index (χ3v) is 3.48. The molecule has 0 aliphatic carbocycles. The Morgan fingerprint density at radius 3 is 3.11 bits per heavy atom. The predicted molar refractivity (Wildman–Crippen MR) is 70.5 cm³/mol. The molecule has 0 atom stereocenters. The van der Waals surface area contributed by atoms with Crippen LogP contribution < -0.4 is 5.56 Å². The Balaban J connectivity index is 1.83. The number of hydrogen-bond donors (Lipinski definition) is 2. The maximum atomic E-state index is 13.0. The van der Waals surface area contributed by atoms with E-state index in [2.05, 4.69) is 19.9 Å². The maximum absolute atomic E-state index is 13.0. The lowest BCUT2D eigenvalue weighted by Gasteiger charge is -2.01. The van der Waals surface area contributed by atoms with Crippen LogP contribution in [-0.4, -0.2) is 19.9 Å². The number of hydrogen-bond acceptors (Lipinski definition) is 4. The number of fused-ring (bicyclic) bond motifs is 1. The first-order chi connectivity index (χ1) is 9.22. The van der Waals surface area contributed by atoms with E-state index in [4.69, 9.17) is 0 Å². The summed E-state index contributed by atoms with van der Waals surface area (Å²) in [5, 5.41) is 0.467. The molecule has 2 heterocycles. The highest BCUT2D eigenvalue weighted by Gasteiger charge is 2.06. The summed E-state index contributed by atoms with van der Waals surface area (Å²) < 4.78 is 13.0. The van der Waals surface area contributed by atoms with Crippen molar-refractivity contribution in [2.45, 2.75) is 10.9 Å². The van der Waals surface area contributed by atoms with Crippen molar-refractivity contribution < 1.29 is 4.39 Å². The fourth-order valence-electron chi connectivity index (χ4n) is 1.67. The summed E-state index contributed by atoms with van der Waals surface area (Å²) in [4.78, 5) is 25.2. The standard InChI is InChI=1S/C12H9FN4OS/c13-8-3-1-2-7(4-8)5-19-12-16-10-9(11(18)17-12)14-6-15-10/h1-4,6H,5H2,(H2,14,15,16,17,18). The number of aromatic nitrogens is 4. The van der Waals surface area contributed by atoms with Crippen LogP contribution in [0.2, 0.25) is 0 Å². The molecule has 5 nitrogen and oxygen atoms in total. The third-order valence-electron chi connectivity index (χ3n) is 2.54. The van der Waals surface area contributed by atoms with Gasteiger partial charge in [0.1, 0.15) is 5.82 Å². The Bertz CT molecular complexity index is 782. The zero-order valence-corrected chi connectivity index (χ0v) is 10.5. The van der Waals surface area contributed by atoms with E-state index >= 15 is 0 Å². The number of nitrogens with one attached hydrogen (secondary N) is 2. The smallest absolute Gasteiger partial charge is 0.277 e. The second-order valence-corrected chi connectivity index (χ2v) is 4.85. The summed E-state index contributed by atoms with van der Waals surface area (Å²) in [7, 11) is 0. The van der Waals surface area contributed by atoms with Crippen molar-refractivity contribution in [3.8, 4) is 0 Å². The van der Waals surface area contributed by atoms with E-state index < -0.39 is 0 Å². The van der Waals surface area contributed by atoms with Gasteiger partial charge in [-0.05, 0) is 17.7 Å². The summed E-state index contributed by atoms with van der Waals surface area (Å²) in [5.74, 6) is 0.249. The Labute approximate surface area is 111 Å². The van der Waals surface area contributed by atoms with Gasteiger partial charge in [0.25, 0.3) is 5.56 Å². The Hall–Kier alpha value is -2.15. The van der Waals surface area contributed by atoms with Crippen molar-refractivity contribution in [1.29, 1.82) is 0 Å². The molecule has 0 saturated heterocycles. The van der Waals surface area contributed by atoms with Crippen LogP contribution in [0.15, 0.2) is 40.5 Å². The van der Waals surface area contributed by atoms with Gasteiger partial charge in [-0.3, -0.25) is 9.78 Å². The van der Waals surface area contributed by atoms with Crippen LogP contribution in [0.4, 0.5) is 4.39 Å². The molecule has 0 fully saturated rings. The van der Waals surface area contributed by atoms with E-state index in [1.165, 1.54) is 30.2 Å². The van der Waals surface area contributed by atoms with E-state index in [-0.39, 0.29) is 11.4 Å².